The minimum atomic E-state index is -5.06. The fourth-order valence-corrected chi connectivity index (χ4v) is 4.82. The summed E-state index contributed by atoms with van der Waals surface area (Å²) >= 11 is 12.4. The first kappa shape index (κ1) is 29.7. The number of aryl methyl sites for hydroxylation is 1. The van der Waals surface area contributed by atoms with Crippen LogP contribution in [0.5, 0.6) is 0 Å². The number of pyridine rings is 1. The van der Waals surface area contributed by atoms with Gasteiger partial charge in [-0.1, -0.05) is 36.2 Å². The molecule has 1 amide bonds. The van der Waals surface area contributed by atoms with Crippen LogP contribution in [0.2, 0.25) is 10.0 Å². The lowest BCUT2D eigenvalue weighted by molar-refractivity contribution is -0.143. The van der Waals surface area contributed by atoms with Gasteiger partial charge < -0.3 is 4.90 Å². The van der Waals surface area contributed by atoms with Crippen LogP contribution in [-0.4, -0.2) is 28.1 Å². The first-order valence-corrected chi connectivity index (χ1v) is 12.6. The third kappa shape index (κ3) is 5.36. The van der Waals surface area contributed by atoms with E-state index in [4.69, 9.17) is 23.2 Å². The third-order valence-electron chi connectivity index (χ3n) is 6.67. The SMILES string of the molecule is CCc1nc2[nH]ncc2c(-c2ccc(Cl)c(Cl)c2)c1N(C)C(=O)C(C)(C)c1cc(C(F)(F)F)cc(C(F)(F)F)c1. The fourth-order valence-electron chi connectivity index (χ4n) is 4.52. The molecule has 0 aliphatic rings. The molecule has 4 aromatic rings. The number of hydrogen-bond donors (Lipinski definition) is 1. The maximum Gasteiger partial charge on any atom is 0.416 e. The Morgan fingerprint density at radius 2 is 1.50 bits per heavy atom. The minimum absolute atomic E-state index is 0.0299. The Morgan fingerprint density at radius 3 is 2.02 bits per heavy atom. The number of carbonyl (C=O) groups is 1. The summed E-state index contributed by atoms with van der Waals surface area (Å²) in [5, 5.41) is 7.87. The average Bonchev–Trinajstić information content (AvgIpc) is 3.35. The van der Waals surface area contributed by atoms with E-state index in [1.165, 1.54) is 32.0 Å². The molecule has 0 unspecified atom stereocenters. The Labute approximate surface area is 235 Å². The Morgan fingerprint density at radius 1 is 0.925 bits per heavy atom. The number of nitrogens with zero attached hydrogens (tertiary/aromatic N) is 3. The monoisotopic (exact) mass is 602 g/mol. The summed E-state index contributed by atoms with van der Waals surface area (Å²) in [6.45, 7) is 4.34. The van der Waals surface area contributed by atoms with Crippen molar-refractivity contribution in [2.75, 3.05) is 11.9 Å². The van der Waals surface area contributed by atoms with Crippen molar-refractivity contribution < 1.29 is 31.1 Å². The molecule has 0 fully saturated rings. The molecule has 0 atom stereocenters. The van der Waals surface area contributed by atoms with E-state index >= 15 is 0 Å². The van der Waals surface area contributed by atoms with E-state index in [2.05, 4.69) is 15.2 Å². The highest BCUT2D eigenvalue weighted by atomic mass is 35.5. The maximum absolute atomic E-state index is 14.0. The van der Waals surface area contributed by atoms with Crippen molar-refractivity contribution in [2.45, 2.75) is 45.0 Å². The maximum atomic E-state index is 14.0. The van der Waals surface area contributed by atoms with Crippen LogP contribution in [-0.2, 0) is 29.0 Å². The molecule has 212 valence electrons. The van der Waals surface area contributed by atoms with Gasteiger partial charge in [0.25, 0.3) is 0 Å². The second kappa shape index (κ2) is 10.3. The van der Waals surface area contributed by atoms with Crippen molar-refractivity contribution in [3.8, 4) is 11.1 Å². The largest absolute Gasteiger partial charge is 0.416 e. The van der Waals surface area contributed by atoms with Crippen LogP contribution >= 0.6 is 23.2 Å². The van der Waals surface area contributed by atoms with Gasteiger partial charge in [-0.05, 0) is 61.7 Å². The van der Waals surface area contributed by atoms with Gasteiger partial charge >= 0.3 is 12.4 Å². The van der Waals surface area contributed by atoms with Crippen LogP contribution in [0.25, 0.3) is 22.2 Å². The number of amides is 1. The van der Waals surface area contributed by atoms with Gasteiger partial charge in [0.1, 0.15) is 0 Å². The van der Waals surface area contributed by atoms with E-state index in [-0.39, 0.29) is 16.1 Å². The summed E-state index contributed by atoms with van der Waals surface area (Å²) in [7, 11) is 1.39. The molecule has 4 rings (SSSR count). The quantitative estimate of drug-likeness (QED) is 0.233. The molecular formula is C27H22Cl2F6N4O. The number of hydrogen-bond acceptors (Lipinski definition) is 3. The number of H-pyrrole nitrogens is 1. The number of aromatic amines is 1. The highest BCUT2D eigenvalue weighted by Gasteiger charge is 2.41. The number of anilines is 1. The lowest BCUT2D eigenvalue weighted by atomic mass is 9.81. The zero-order valence-corrected chi connectivity index (χ0v) is 23.0. The second-order valence-electron chi connectivity index (χ2n) is 9.68. The normalized spacial score (nSPS) is 12.7. The number of carbonyl (C=O) groups excluding carboxylic acids is 1. The first-order valence-electron chi connectivity index (χ1n) is 11.9. The van der Waals surface area contributed by atoms with E-state index in [1.807, 2.05) is 0 Å². The smallest absolute Gasteiger partial charge is 0.312 e. The molecule has 2 heterocycles. The molecular weight excluding hydrogens is 581 g/mol. The van der Waals surface area contributed by atoms with Crippen molar-refractivity contribution in [2.24, 2.45) is 0 Å². The molecule has 0 aliphatic heterocycles. The first-order chi connectivity index (χ1) is 18.5. The number of aromatic nitrogens is 3. The topological polar surface area (TPSA) is 61.9 Å². The molecule has 0 aliphatic carbocycles. The molecule has 0 radical (unpaired) electrons. The van der Waals surface area contributed by atoms with Gasteiger partial charge in [-0.2, -0.15) is 31.4 Å². The third-order valence-corrected chi connectivity index (χ3v) is 7.41. The van der Waals surface area contributed by atoms with Crippen molar-refractivity contribution >= 4 is 45.8 Å². The van der Waals surface area contributed by atoms with Crippen LogP contribution in [0, 0.1) is 0 Å². The summed E-state index contributed by atoms with van der Waals surface area (Å²) in [5.41, 5.74) is -3.10. The molecule has 0 bridgehead atoms. The van der Waals surface area contributed by atoms with E-state index in [9.17, 15) is 31.1 Å². The molecule has 2 aromatic heterocycles. The summed E-state index contributed by atoms with van der Waals surface area (Å²) in [6.07, 6.45) is -8.30. The van der Waals surface area contributed by atoms with Crippen LogP contribution < -0.4 is 4.90 Å². The summed E-state index contributed by atoms with van der Waals surface area (Å²) in [4.78, 5) is 19.8. The Kier molecular flexibility index (Phi) is 7.61. The van der Waals surface area contributed by atoms with Crippen molar-refractivity contribution in [1.29, 1.82) is 0 Å². The molecule has 0 spiro atoms. The zero-order chi connectivity index (χ0) is 29.8. The van der Waals surface area contributed by atoms with Gasteiger partial charge in [-0.15, -0.1) is 0 Å². The number of likely N-dealkylation sites (N-methyl/N-ethyl adjacent to an activating group) is 1. The minimum Gasteiger partial charge on any atom is -0.312 e. The van der Waals surface area contributed by atoms with Crippen LogP contribution in [0.1, 0.15) is 43.2 Å². The van der Waals surface area contributed by atoms with E-state index in [1.54, 1.807) is 25.1 Å². The predicted octanol–water partition coefficient (Wildman–Crippen LogP) is 8.47. The number of alkyl halides is 6. The second-order valence-corrected chi connectivity index (χ2v) is 10.5. The molecule has 0 saturated heterocycles. The summed E-state index contributed by atoms with van der Waals surface area (Å²) in [5.74, 6) is -0.763. The highest BCUT2D eigenvalue weighted by molar-refractivity contribution is 6.42. The highest BCUT2D eigenvalue weighted by Crippen LogP contribution is 2.43. The molecule has 2 aromatic carbocycles. The number of nitrogens with one attached hydrogen (secondary N) is 1. The molecule has 5 nitrogen and oxygen atoms in total. The van der Waals surface area contributed by atoms with E-state index in [0.29, 0.717) is 52.1 Å². The van der Waals surface area contributed by atoms with E-state index in [0.717, 1.165) is 0 Å². The molecule has 0 saturated carbocycles. The summed E-state index contributed by atoms with van der Waals surface area (Å²) in [6, 6.07) is 5.99. The summed E-state index contributed by atoms with van der Waals surface area (Å²) < 4.78 is 81.4. The van der Waals surface area contributed by atoms with Gasteiger partial charge in [0.2, 0.25) is 5.91 Å². The van der Waals surface area contributed by atoms with Crippen LogP contribution in [0.3, 0.4) is 0 Å². The Balaban J connectivity index is 1.93. The van der Waals surface area contributed by atoms with Crippen LogP contribution in [0.4, 0.5) is 32.0 Å². The van der Waals surface area contributed by atoms with Crippen molar-refractivity contribution in [3.05, 3.63) is 75.0 Å². The molecule has 40 heavy (non-hydrogen) atoms. The zero-order valence-electron chi connectivity index (χ0n) is 21.5. The van der Waals surface area contributed by atoms with Crippen molar-refractivity contribution in [3.63, 3.8) is 0 Å². The number of halogens is 8. The van der Waals surface area contributed by atoms with E-state index < -0.39 is 40.4 Å². The van der Waals surface area contributed by atoms with Gasteiger partial charge in [0, 0.05) is 18.0 Å². The molecule has 13 heteroatoms. The number of benzene rings is 2. The predicted molar refractivity (Wildman–Crippen MR) is 142 cm³/mol. The van der Waals surface area contributed by atoms with Gasteiger partial charge in [0.15, 0.2) is 5.65 Å². The van der Waals surface area contributed by atoms with Crippen LogP contribution in [0.15, 0.2) is 42.6 Å². The molecule has 1 N–H and O–H groups in total. The van der Waals surface area contributed by atoms with Gasteiger partial charge in [-0.3, -0.25) is 9.89 Å². The number of fused-ring (bicyclic) bond motifs is 1. The average molecular weight is 603 g/mol. The Bertz CT molecular complexity index is 1580. The van der Waals surface area contributed by atoms with Gasteiger partial charge in [0.05, 0.1) is 44.2 Å². The lowest BCUT2D eigenvalue weighted by Gasteiger charge is -2.33. The lowest BCUT2D eigenvalue weighted by Crippen LogP contribution is -2.42. The standard InChI is InChI=1S/C27H22Cl2F6N4O/c1-5-20-22(21(17-12-36-38-23(17)37-20)13-6-7-18(28)19(29)8-13)39(4)24(40)25(2,3)14-9-15(26(30,31)32)11-16(10-14)27(33,34)35/h6-12H,5H2,1-4H3,(H,36,37,38). The van der Waals surface area contributed by atoms with Gasteiger partial charge in [-0.25, -0.2) is 4.98 Å². The number of rotatable bonds is 5. The Hall–Kier alpha value is -3.31. The fraction of sp³-hybridized carbons (Fsp3) is 0.296. The van der Waals surface area contributed by atoms with Crippen molar-refractivity contribution in [1.82, 2.24) is 15.2 Å².